The third-order valence-electron chi connectivity index (χ3n) is 2.73. The number of nitrogens with one attached hydrogen (secondary N) is 1. The maximum absolute atomic E-state index is 11.1. The number of aliphatic hydroxyl groups is 2. The predicted octanol–water partition coefficient (Wildman–Crippen LogP) is 0.643. The van der Waals surface area contributed by atoms with Gasteiger partial charge < -0.3 is 20.3 Å². The molecule has 0 aromatic rings. The van der Waals surface area contributed by atoms with E-state index in [2.05, 4.69) is 19.2 Å². The summed E-state index contributed by atoms with van der Waals surface area (Å²) in [7, 11) is 0. The van der Waals surface area contributed by atoms with Gasteiger partial charge in [-0.2, -0.15) is 0 Å². The van der Waals surface area contributed by atoms with Gasteiger partial charge in [-0.25, -0.2) is 4.79 Å². The quantitative estimate of drug-likeness (QED) is 0.627. The summed E-state index contributed by atoms with van der Waals surface area (Å²) in [6, 6.07) is 0.0263. The summed E-state index contributed by atoms with van der Waals surface area (Å²) in [4.78, 5) is 11.1. The Morgan fingerprint density at radius 2 is 2.19 bits per heavy atom. The highest BCUT2D eigenvalue weighted by Gasteiger charge is 2.34. The van der Waals surface area contributed by atoms with Crippen LogP contribution >= 0.6 is 0 Å². The molecule has 1 amide bonds. The molecule has 1 rings (SSSR count). The van der Waals surface area contributed by atoms with Gasteiger partial charge in [-0.3, -0.25) is 0 Å². The van der Waals surface area contributed by atoms with E-state index in [1.807, 2.05) is 0 Å². The van der Waals surface area contributed by atoms with E-state index < -0.39 is 6.10 Å². The number of alkyl carbamates (subject to hydrolysis) is 1. The molecule has 94 valence electrons. The van der Waals surface area contributed by atoms with Gasteiger partial charge in [-0.15, -0.1) is 0 Å². The minimum atomic E-state index is -0.723. The van der Waals surface area contributed by atoms with Crippen LogP contribution in [0.25, 0.3) is 0 Å². The zero-order chi connectivity index (χ0) is 12.1. The number of rotatable bonds is 6. The Labute approximate surface area is 95.8 Å². The van der Waals surface area contributed by atoms with Crippen molar-refractivity contribution in [1.82, 2.24) is 5.32 Å². The molecule has 1 heterocycles. The molecule has 1 fully saturated rings. The fourth-order valence-electron chi connectivity index (χ4n) is 1.92. The Balaban J connectivity index is 2.40. The first kappa shape index (κ1) is 13.3. The summed E-state index contributed by atoms with van der Waals surface area (Å²) >= 11 is 0. The number of cyclic esters (lactones) is 1. The number of carbonyl (C=O) groups is 1. The highest BCUT2D eigenvalue weighted by Crippen LogP contribution is 2.20. The maximum Gasteiger partial charge on any atom is 0.407 e. The lowest BCUT2D eigenvalue weighted by Crippen LogP contribution is -2.33. The largest absolute Gasteiger partial charge is 0.444 e. The first-order valence-electron chi connectivity index (χ1n) is 5.79. The maximum atomic E-state index is 11.1. The number of hydrogen-bond acceptors (Lipinski definition) is 4. The second-order valence-electron chi connectivity index (χ2n) is 4.74. The lowest BCUT2D eigenvalue weighted by Gasteiger charge is -2.19. The van der Waals surface area contributed by atoms with Crippen LogP contribution in [0.5, 0.6) is 0 Å². The van der Waals surface area contributed by atoms with Crippen LogP contribution in [0.3, 0.4) is 0 Å². The molecule has 0 saturated carbocycles. The van der Waals surface area contributed by atoms with Gasteiger partial charge in [-0.1, -0.05) is 13.8 Å². The van der Waals surface area contributed by atoms with Crippen molar-refractivity contribution in [3.05, 3.63) is 0 Å². The van der Waals surface area contributed by atoms with Crippen molar-refractivity contribution in [3.63, 3.8) is 0 Å². The van der Waals surface area contributed by atoms with Crippen LogP contribution < -0.4 is 5.32 Å². The fraction of sp³-hybridized carbons (Fsp3) is 0.909. The average molecular weight is 231 g/mol. The third-order valence-corrected chi connectivity index (χ3v) is 2.73. The molecular weight excluding hydrogens is 210 g/mol. The molecule has 1 aliphatic heterocycles. The van der Waals surface area contributed by atoms with Crippen molar-refractivity contribution in [2.75, 3.05) is 6.61 Å². The molecule has 5 nitrogen and oxygen atoms in total. The van der Waals surface area contributed by atoms with Crippen molar-refractivity contribution < 1.29 is 19.7 Å². The highest BCUT2D eigenvalue weighted by atomic mass is 16.6. The smallest absolute Gasteiger partial charge is 0.407 e. The van der Waals surface area contributed by atoms with Crippen LogP contribution in [0.4, 0.5) is 4.79 Å². The monoisotopic (exact) mass is 231 g/mol. The minimum absolute atomic E-state index is 0.0263. The van der Waals surface area contributed by atoms with E-state index in [9.17, 15) is 9.90 Å². The Hall–Kier alpha value is -0.810. The van der Waals surface area contributed by atoms with E-state index in [4.69, 9.17) is 9.84 Å². The van der Waals surface area contributed by atoms with Crippen molar-refractivity contribution in [2.45, 2.75) is 51.4 Å². The van der Waals surface area contributed by atoms with Crippen molar-refractivity contribution >= 4 is 6.09 Å². The standard InChI is InChI=1S/C11H21NO4/c1-7(2)5-9-10(16-11(15)12-9)4-3-8(14)6-13/h7-10,13-14H,3-6H2,1-2H3,(H,12,15). The van der Waals surface area contributed by atoms with E-state index in [0.29, 0.717) is 18.8 Å². The second-order valence-corrected chi connectivity index (χ2v) is 4.74. The SMILES string of the molecule is CC(C)CC1NC(=O)OC1CCC(O)CO. The number of aliphatic hydroxyl groups excluding tert-OH is 2. The molecule has 0 radical (unpaired) electrons. The fourth-order valence-corrected chi connectivity index (χ4v) is 1.92. The molecule has 5 heteroatoms. The number of amides is 1. The molecule has 0 spiro atoms. The van der Waals surface area contributed by atoms with Crippen LogP contribution in [0.15, 0.2) is 0 Å². The predicted molar refractivity (Wildman–Crippen MR) is 59.0 cm³/mol. The lowest BCUT2D eigenvalue weighted by molar-refractivity contribution is 0.0650. The molecule has 1 saturated heterocycles. The Morgan fingerprint density at radius 1 is 1.50 bits per heavy atom. The molecule has 0 aromatic heterocycles. The summed E-state index contributed by atoms with van der Waals surface area (Å²) in [5.74, 6) is 0.484. The van der Waals surface area contributed by atoms with E-state index in [0.717, 1.165) is 6.42 Å². The van der Waals surface area contributed by atoms with Gasteiger partial charge >= 0.3 is 6.09 Å². The van der Waals surface area contributed by atoms with Gasteiger partial charge in [0.05, 0.1) is 18.8 Å². The van der Waals surface area contributed by atoms with Gasteiger partial charge in [0, 0.05) is 0 Å². The first-order chi connectivity index (χ1) is 7.52. The summed E-state index contributed by atoms with van der Waals surface area (Å²) in [5, 5.41) is 20.7. The van der Waals surface area contributed by atoms with Crippen molar-refractivity contribution in [2.24, 2.45) is 5.92 Å². The van der Waals surface area contributed by atoms with Crippen molar-refractivity contribution in [3.8, 4) is 0 Å². The Kier molecular flexibility index (Phi) is 5.02. The zero-order valence-corrected chi connectivity index (χ0v) is 9.85. The van der Waals surface area contributed by atoms with Crippen LogP contribution in [-0.4, -0.2) is 41.2 Å². The Bertz CT molecular complexity index is 232. The van der Waals surface area contributed by atoms with Crippen molar-refractivity contribution in [1.29, 1.82) is 0 Å². The minimum Gasteiger partial charge on any atom is -0.444 e. The third kappa shape index (κ3) is 3.98. The molecule has 3 N–H and O–H groups in total. The number of hydrogen-bond donors (Lipinski definition) is 3. The zero-order valence-electron chi connectivity index (χ0n) is 9.85. The molecule has 0 bridgehead atoms. The van der Waals surface area contributed by atoms with Crippen LogP contribution in [0.2, 0.25) is 0 Å². The van der Waals surface area contributed by atoms with E-state index in [1.165, 1.54) is 0 Å². The summed E-state index contributed by atoms with van der Waals surface area (Å²) in [6.45, 7) is 3.93. The normalized spacial score (nSPS) is 26.7. The van der Waals surface area contributed by atoms with Crippen LogP contribution in [-0.2, 0) is 4.74 Å². The average Bonchev–Trinajstić information content (AvgIpc) is 2.54. The molecule has 3 unspecified atom stereocenters. The van der Waals surface area contributed by atoms with Gasteiger partial charge in [0.25, 0.3) is 0 Å². The molecule has 3 atom stereocenters. The Morgan fingerprint density at radius 3 is 2.75 bits per heavy atom. The second kappa shape index (κ2) is 6.06. The highest BCUT2D eigenvalue weighted by molar-refractivity contribution is 5.70. The van der Waals surface area contributed by atoms with Crippen LogP contribution in [0.1, 0.15) is 33.1 Å². The van der Waals surface area contributed by atoms with Crippen LogP contribution in [0, 0.1) is 5.92 Å². The molecule has 0 aromatic carbocycles. The van der Waals surface area contributed by atoms with Gasteiger partial charge in [0.2, 0.25) is 0 Å². The molecule has 16 heavy (non-hydrogen) atoms. The van der Waals surface area contributed by atoms with E-state index in [1.54, 1.807) is 0 Å². The van der Waals surface area contributed by atoms with E-state index >= 15 is 0 Å². The molecular formula is C11H21NO4. The number of carbonyl (C=O) groups excluding carboxylic acids is 1. The van der Waals surface area contributed by atoms with Gasteiger partial charge in [0.15, 0.2) is 0 Å². The van der Waals surface area contributed by atoms with E-state index in [-0.39, 0.29) is 24.8 Å². The first-order valence-corrected chi connectivity index (χ1v) is 5.79. The summed E-state index contributed by atoms with van der Waals surface area (Å²) in [6.07, 6.45) is 0.609. The lowest BCUT2D eigenvalue weighted by atomic mass is 9.96. The topological polar surface area (TPSA) is 78.8 Å². The van der Waals surface area contributed by atoms with Gasteiger partial charge in [-0.05, 0) is 25.2 Å². The summed E-state index contributed by atoms with van der Waals surface area (Å²) < 4.78 is 5.13. The number of ether oxygens (including phenoxy) is 1. The van der Waals surface area contributed by atoms with Gasteiger partial charge in [0.1, 0.15) is 6.10 Å². The molecule has 0 aliphatic carbocycles. The summed E-state index contributed by atoms with van der Waals surface area (Å²) in [5.41, 5.74) is 0. The molecule has 1 aliphatic rings.